The predicted molar refractivity (Wildman–Crippen MR) is 104 cm³/mol. The van der Waals surface area contributed by atoms with Crippen LogP contribution in [0.15, 0.2) is 48.5 Å². The van der Waals surface area contributed by atoms with Crippen molar-refractivity contribution in [3.8, 4) is 11.5 Å². The number of halogens is 4. The molecule has 2 rings (SSSR count). The number of nitrogens with two attached hydrogens (primary N) is 1. The number of benzene rings is 2. The van der Waals surface area contributed by atoms with Crippen molar-refractivity contribution in [3.63, 3.8) is 0 Å². The molecule has 0 saturated carbocycles. The normalized spacial score (nSPS) is 14.7. The molecule has 4 N–H and O–H groups in total. The molecule has 3 atom stereocenters. The molecular weight excluding hydrogens is 409 g/mol. The third-order valence-corrected chi connectivity index (χ3v) is 4.58. The molecule has 5 nitrogen and oxygen atoms in total. The van der Waals surface area contributed by atoms with Crippen molar-refractivity contribution >= 4 is 17.7 Å². The Morgan fingerprint density at radius 1 is 1.17 bits per heavy atom. The number of carbonyl (C=O) groups is 1. The number of rotatable bonds is 8. The van der Waals surface area contributed by atoms with E-state index in [1.165, 1.54) is 12.1 Å². The van der Waals surface area contributed by atoms with Crippen LogP contribution in [-0.2, 0) is 6.18 Å². The first-order valence-electron chi connectivity index (χ1n) is 8.88. The van der Waals surface area contributed by atoms with Gasteiger partial charge in [0.1, 0.15) is 17.0 Å². The van der Waals surface area contributed by atoms with Gasteiger partial charge in [-0.1, -0.05) is 30.7 Å². The van der Waals surface area contributed by atoms with Crippen LogP contribution >= 0.6 is 11.6 Å². The smallest absolute Gasteiger partial charge is 0.416 e. The van der Waals surface area contributed by atoms with Crippen molar-refractivity contribution in [2.24, 2.45) is 5.73 Å². The van der Waals surface area contributed by atoms with E-state index < -0.39 is 23.3 Å². The molecule has 2 aromatic carbocycles. The Morgan fingerprint density at radius 3 is 2.41 bits per heavy atom. The number of ether oxygens (including phenoxy) is 1. The fourth-order valence-electron chi connectivity index (χ4n) is 2.88. The fraction of sp³-hybridized carbons (Fsp3) is 0.350. The van der Waals surface area contributed by atoms with E-state index in [4.69, 9.17) is 27.2 Å². The van der Waals surface area contributed by atoms with Gasteiger partial charge >= 0.3 is 12.3 Å². The number of alkyl halides is 4. The van der Waals surface area contributed by atoms with Gasteiger partial charge in [0.05, 0.1) is 5.56 Å². The molecule has 0 aromatic heterocycles. The maximum atomic E-state index is 12.6. The molecular formula is C20H22ClF3N2O3. The maximum Gasteiger partial charge on any atom is 0.416 e. The Morgan fingerprint density at radius 2 is 1.83 bits per heavy atom. The highest BCUT2D eigenvalue weighted by atomic mass is 35.5. The molecule has 158 valence electrons. The van der Waals surface area contributed by atoms with E-state index in [1.807, 2.05) is 13.0 Å². The van der Waals surface area contributed by atoms with Gasteiger partial charge in [-0.25, -0.2) is 4.79 Å². The Bertz CT molecular complexity index is 815. The van der Waals surface area contributed by atoms with Crippen molar-refractivity contribution in [2.75, 3.05) is 0 Å². The van der Waals surface area contributed by atoms with Gasteiger partial charge in [-0.3, -0.25) is 0 Å². The zero-order chi connectivity index (χ0) is 21.6. The molecule has 9 heteroatoms. The Labute approximate surface area is 171 Å². The lowest BCUT2D eigenvalue weighted by molar-refractivity contribution is -0.137. The lowest BCUT2D eigenvalue weighted by Gasteiger charge is -2.20. The van der Waals surface area contributed by atoms with E-state index in [-0.39, 0.29) is 18.4 Å². The molecule has 0 heterocycles. The first-order chi connectivity index (χ1) is 13.5. The highest BCUT2D eigenvalue weighted by Gasteiger charge is 2.30. The van der Waals surface area contributed by atoms with Crippen molar-refractivity contribution < 1.29 is 27.8 Å². The predicted octanol–water partition coefficient (Wildman–Crippen LogP) is 5.54. The van der Waals surface area contributed by atoms with Crippen LogP contribution in [-0.4, -0.2) is 22.7 Å². The summed E-state index contributed by atoms with van der Waals surface area (Å²) in [6, 6.07) is 11.3. The van der Waals surface area contributed by atoms with Gasteiger partial charge in [0.15, 0.2) is 0 Å². The van der Waals surface area contributed by atoms with Crippen LogP contribution in [0, 0.1) is 0 Å². The van der Waals surface area contributed by atoms with Crippen LogP contribution in [0.4, 0.5) is 18.0 Å². The summed E-state index contributed by atoms with van der Waals surface area (Å²) in [7, 11) is 0. The molecule has 0 saturated heterocycles. The van der Waals surface area contributed by atoms with Gasteiger partial charge in [0.2, 0.25) is 0 Å². The molecule has 1 amide bonds. The van der Waals surface area contributed by atoms with E-state index in [0.717, 1.165) is 17.7 Å². The largest absolute Gasteiger partial charge is 0.465 e. The standard InChI is InChI=1S/C20H22ClF3N2O3/c1-12(9-15(25)11-18(21)26-19(27)28)13-3-2-4-17(10-13)29-16-7-5-14(6-8-16)20(22,23)24/h2-8,10,12,15,18,26H,9,11,25H2,1H3,(H,27,28). The zero-order valence-electron chi connectivity index (χ0n) is 15.6. The van der Waals surface area contributed by atoms with Gasteiger partial charge in [0.25, 0.3) is 0 Å². The molecule has 29 heavy (non-hydrogen) atoms. The van der Waals surface area contributed by atoms with Crippen molar-refractivity contribution in [1.82, 2.24) is 5.32 Å². The molecule has 3 unspecified atom stereocenters. The van der Waals surface area contributed by atoms with Gasteiger partial charge in [0, 0.05) is 6.04 Å². The fourth-order valence-corrected chi connectivity index (χ4v) is 3.20. The average Bonchev–Trinajstić information content (AvgIpc) is 2.60. The van der Waals surface area contributed by atoms with Gasteiger partial charge in [-0.05, 0) is 60.7 Å². The minimum Gasteiger partial charge on any atom is -0.465 e. The second-order valence-corrected chi connectivity index (χ2v) is 7.27. The van der Waals surface area contributed by atoms with E-state index >= 15 is 0 Å². The second-order valence-electron chi connectivity index (χ2n) is 6.75. The monoisotopic (exact) mass is 430 g/mol. The van der Waals surface area contributed by atoms with E-state index in [9.17, 15) is 18.0 Å². The van der Waals surface area contributed by atoms with Crippen LogP contribution in [0.2, 0.25) is 0 Å². The summed E-state index contributed by atoms with van der Waals surface area (Å²) < 4.78 is 43.6. The Kier molecular flexibility index (Phi) is 7.75. The summed E-state index contributed by atoms with van der Waals surface area (Å²) in [6.07, 6.45) is -4.76. The average molecular weight is 431 g/mol. The lowest BCUT2D eigenvalue weighted by atomic mass is 9.93. The Balaban J connectivity index is 1.98. The molecule has 2 aromatic rings. The van der Waals surface area contributed by atoms with E-state index in [2.05, 4.69) is 5.32 Å². The summed E-state index contributed by atoms with van der Waals surface area (Å²) in [5.74, 6) is 0.824. The molecule has 0 radical (unpaired) electrons. The Hall–Kier alpha value is -2.45. The van der Waals surface area contributed by atoms with Crippen LogP contribution in [0.5, 0.6) is 11.5 Å². The number of hydrogen-bond donors (Lipinski definition) is 3. The summed E-state index contributed by atoms with van der Waals surface area (Å²) in [5.41, 5.74) is 5.48. The highest BCUT2D eigenvalue weighted by molar-refractivity contribution is 6.21. The maximum absolute atomic E-state index is 12.6. The third-order valence-electron chi connectivity index (χ3n) is 4.29. The topological polar surface area (TPSA) is 84.6 Å². The number of hydrogen-bond acceptors (Lipinski definition) is 3. The zero-order valence-corrected chi connectivity index (χ0v) is 16.4. The summed E-state index contributed by atoms with van der Waals surface area (Å²) in [5, 5.41) is 10.8. The SMILES string of the molecule is CC(CC(N)CC(Cl)NC(=O)O)c1cccc(Oc2ccc(C(F)(F)F)cc2)c1. The second kappa shape index (κ2) is 9.84. The van der Waals surface area contributed by atoms with Gasteiger partial charge in [-0.2, -0.15) is 13.2 Å². The van der Waals surface area contributed by atoms with E-state index in [0.29, 0.717) is 17.9 Å². The highest BCUT2D eigenvalue weighted by Crippen LogP contribution is 2.32. The minimum atomic E-state index is -4.39. The number of amides is 1. The molecule has 0 aliphatic heterocycles. The summed E-state index contributed by atoms with van der Waals surface area (Å²) in [4.78, 5) is 10.6. The summed E-state index contributed by atoms with van der Waals surface area (Å²) in [6.45, 7) is 1.96. The van der Waals surface area contributed by atoms with Crippen LogP contribution in [0.3, 0.4) is 0 Å². The van der Waals surface area contributed by atoms with E-state index in [1.54, 1.807) is 18.2 Å². The first-order valence-corrected chi connectivity index (χ1v) is 9.32. The molecule has 0 aliphatic carbocycles. The molecule has 0 aliphatic rings. The first kappa shape index (κ1) is 22.8. The lowest BCUT2D eigenvalue weighted by Crippen LogP contribution is -2.35. The molecule has 0 spiro atoms. The van der Waals surface area contributed by atoms with Crippen LogP contribution in [0.1, 0.15) is 36.8 Å². The molecule has 0 bridgehead atoms. The van der Waals surface area contributed by atoms with Crippen LogP contribution < -0.4 is 15.8 Å². The van der Waals surface area contributed by atoms with Gasteiger partial charge in [-0.15, -0.1) is 0 Å². The third kappa shape index (κ3) is 7.47. The quantitative estimate of drug-likeness (QED) is 0.379. The number of nitrogens with one attached hydrogen (secondary N) is 1. The molecule has 0 fully saturated rings. The minimum absolute atomic E-state index is 0.0369. The van der Waals surface area contributed by atoms with Crippen LogP contribution in [0.25, 0.3) is 0 Å². The van der Waals surface area contributed by atoms with Crippen molar-refractivity contribution in [2.45, 2.75) is 43.4 Å². The number of carboxylic acid groups (broad SMARTS) is 1. The summed E-state index contributed by atoms with van der Waals surface area (Å²) >= 11 is 5.89. The van der Waals surface area contributed by atoms with Crippen molar-refractivity contribution in [1.29, 1.82) is 0 Å². The van der Waals surface area contributed by atoms with Crippen molar-refractivity contribution in [3.05, 3.63) is 59.7 Å². The van der Waals surface area contributed by atoms with Gasteiger partial charge < -0.3 is 20.9 Å².